The largest absolute Gasteiger partial charge is 0.369 e. The van der Waals surface area contributed by atoms with Gasteiger partial charge in [-0.1, -0.05) is 26.0 Å². The van der Waals surface area contributed by atoms with Gasteiger partial charge in [-0.05, 0) is 43.1 Å². The van der Waals surface area contributed by atoms with E-state index in [4.69, 9.17) is 5.73 Å². The molecule has 0 radical (unpaired) electrons. The first-order valence-electron chi connectivity index (χ1n) is 11.7. The number of aromatic nitrogens is 5. The van der Waals surface area contributed by atoms with Crippen LogP contribution in [0.5, 0.6) is 0 Å². The van der Waals surface area contributed by atoms with Crippen molar-refractivity contribution in [3.8, 4) is 17.2 Å². The number of hydrogen-bond acceptors (Lipinski definition) is 7. The maximum Gasteiger partial charge on any atom is 0.237 e. The van der Waals surface area contributed by atoms with Crippen LogP contribution in [0.2, 0.25) is 0 Å². The van der Waals surface area contributed by atoms with Crippen LogP contribution in [-0.2, 0) is 0 Å². The highest BCUT2D eigenvalue weighted by Gasteiger charge is 2.19. The van der Waals surface area contributed by atoms with E-state index in [1.807, 2.05) is 36.4 Å². The van der Waals surface area contributed by atoms with Gasteiger partial charge in [-0.25, -0.2) is 28.9 Å². The Morgan fingerprint density at radius 2 is 1.76 bits per heavy atom. The minimum atomic E-state index is -0.514. The number of rotatable bonds is 6. The molecule has 0 amide bonds. The molecular weight excluding hydrogens is 431 g/mol. The molecule has 9 heteroatoms. The molecule has 34 heavy (non-hydrogen) atoms. The zero-order valence-electron chi connectivity index (χ0n) is 19.5. The Kier molecular flexibility index (Phi) is 6.10. The number of piperazine rings is 1. The van der Waals surface area contributed by atoms with Gasteiger partial charge in [0.1, 0.15) is 11.5 Å². The second kappa shape index (κ2) is 9.34. The van der Waals surface area contributed by atoms with Crippen molar-refractivity contribution in [1.82, 2.24) is 29.4 Å². The Hall–Kier alpha value is -3.59. The quantitative estimate of drug-likeness (QED) is 0.469. The highest BCUT2D eigenvalue weighted by Crippen LogP contribution is 2.26. The third-order valence-electron chi connectivity index (χ3n) is 6.26. The van der Waals surface area contributed by atoms with Crippen molar-refractivity contribution < 1.29 is 4.39 Å². The highest BCUT2D eigenvalue weighted by atomic mass is 19.1. The van der Waals surface area contributed by atoms with Gasteiger partial charge >= 0.3 is 0 Å². The van der Waals surface area contributed by atoms with Gasteiger partial charge in [0.2, 0.25) is 11.9 Å². The van der Waals surface area contributed by atoms with Gasteiger partial charge in [-0.2, -0.15) is 0 Å². The van der Waals surface area contributed by atoms with Crippen molar-refractivity contribution >= 4 is 22.8 Å². The first-order valence-corrected chi connectivity index (χ1v) is 11.7. The van der Waals surface area contributed by atoms with Crippen molar-refractivity contribution in [1.29, 1.82) is 0 Å². The van der Waals surface area contributed by atoms with E-state index in [1.54, 1.807) is 10.8 Å². The number of halogens is 1. The topological polar surface area (TPSA) is 89.0 Å². The fourth-order valence-electron chi connectivity index (χ4n) is 4.28. The minimum Gasteiger partial charge on any atom is -0.369 e. The lowest BCUT2D eigenvalue weighted by Gasteiger charge is -2.35. The average Bonchev–Trinajstić information content (AvgIpc) is 3.19. The number of nitrogens with zero attached hydrogens (tertiary/aromatic N) is 7. The second-order valence-electron chi connectivity index (χ2n) is 9.08. The maximum atomic E-state index is 14.7. The van der Waals surface area contributed by atoms with E-state index in [0.717, 1.165) is 61.7 Å². The third kappa shape index (κ3) is 4.43. The standard InChI is InChI=1S/C25H29FN8/c1-17(2)9-10-32-11-13-33(14-12-32)22-8-7-18(15-28-22)23-19(26)16-29-25(31-23)34-21-6-4-3-5-20(21)30-24(34)27/h3-8,15-17H,9-14H2,1-2H3,(H2,27,30). The molecule has 0 saturated carbocycles. The van der Waals surface area contributed by atoms with E-state index in [2.05, 4.69) is 43.6 Å². The Bertz CT molecular complexity index is 1280. The van der Waals surface area contributed by atoms with Crippen molar-refractivity contribution in [2.45, 2.75) is 20.3 Å². The molecule has 1 saturated heterocycles. The average molecular weight is 461 g/mol. The zero-order chi connectivity index (χ0) is 23.7. The van der Waals surface area contributed by atoms with Crippen molar-refractivity contribution in [3.05, 3.63) is 54.6 Å². The normalized spacial score (nSPS) is 14.9. The lowest BCUT2D eigenvalue weighted by atomic mass is 10.1. The van der Waals surface area contributed by atoms with E-state index >= 15 is 0 Å². The number of anilines is 2. The summed E-state index contributed by atoms with van der Waals surface area (Å²) in [6.07, 6.45) is 4.06. The fraction of sp³-hybridized carbons (Fsp3) is 0.360. The van der Waals surface area contributed by atoms with Gasteiger partial charge < -0.3 is 10.6 Å². The van der Waals surface area contributed by atoms with Crippen LogP contribution >= 0.6 is 0 Å². The molecule has 1 aliphatic heterocycles. The van der Waals surface area contributed by atoms with Gasteiger partial charge in [-0.15, -0.1) is 0 Å². The summed E-state index contributed by atoms with van der Waals surface area (Å²) >= 11 is 0. The summed E-state index contributed by atoms with van der Waals surface area (Å²) in [5.74, 6) is 1.62. The zero-order valence-corrected chi connectivity index (χ0v) is 19.5. The van der Waals surface area contributed by atoms with Gasteiger partial charge in [0, 0.05) is 37.9 Å². The molecule has 8 nitrogen and oxygen atoms in total. The third-order valence-corrected chi connectivity index (χ3v) is 6.26. The summed E-state index contributed by atoms with van der Waals surface area (Å²) in [4.78, 5) is 22.4. The Balaban J connectivity index is 1.35. The smallest absolute Gasteiger partial charge is 0.237 e. The predicted molar refractivity (Wildman–Crippen MR) is 132 cm³/mol. The number of nitrogen functional groups attached to an aromatic ring is 1. The molecule has 1 aromatic carbocycles. The highest BCUT2D eigenvalue weighted by molar-refractivity contribution is 5.80. The van der Waals surface area contributed by atoms with Crippen LogP contribution in [0.1, 0.15) is 20.3 Å². The van der Waals surface area contributed by atoms with Crippen LogP contribution in [0.3, 0.4) is 0 Å². The predicted octanol–water partition coefficient (Wildman–Crippen LogP) is 3.77. The first kappa shape index (κ1) is 22.2. The van der Waals surface area contributed by atoms with E-state index in [1.165, 1.54) is 6.42 Å². The van der Waals surface area contributed by atoms with Crippen LogP contribution in [-0.4, -0.2) is 62.1 Å². The van der Waals surface area contributed by atoms with Crippen molar-refractivity contribution in [2.24, 2.45) is 5.92 Å². The van der Waals surface area contributed by atoms with Crippen LogP contribution in [0.15, 0.2) is 48.8 Å². The number of nitrogens with two attached hydrogens (primary N) is 1. The molecule has 0 spiro atoms. The summed E-state index contributed by atoms with van der Waals surface area (Å²) in [5, 5.41) is 0. The Morgan fingerprint density at radius 1 is 0.971 bits per heavy atom. The van der Waals surface area contributed by atoms with Crippen molar-refractivity contribution in [3.63, 3.8) is 0 Å². The monoisotopic (exact) mass is 460 g/mol. The molecule has 1 fully saturated rings. The Labute approximate surface area is 198 Å². The molecular formula is C25H29FN8. The van der Waals surface area contributed by atoms with Crippen LogP contribution in [0.4, 0.5) is 16.2 Å². The molecule has 3 aromatic heterocycles. The van der Waals surface area contributed by atoms with Crippen LogP contribution < -0.4 is 10.6 Å². The number of pyridine rings is 1. The number of imidazole rings is 1. The van der Waals surface area contributed by atoms with Gasteiger partial charge in [-0.3, -0.25) is 4.90 Å². The molecule has 176 valence electrons. The summed E-state index contributed by atoms with van der Waals surface area (Å²) in [5.41, 5.74) is 8.37. The lowest BCUT2D eigenvalue weighted by molar-refractivity contribution is 0.243. The second-order valence-corrected chi connectivity index (χ2v) is 9.08. The number of para-hydroxylation sites is 2. The summed E-state index contributed by atoms with van der Waals surface area (Å²) in [6.45, 7) is 9.59. The van der Waals surface area contributed by atoms with E-state index < -0.39 is 5.82 Å². The van der Waals surface area contributed by atoms with E-state index in [0.29, 0.717) is 5.56 Å². The molecule has 0 bridgehead atoms. The molecule has 5 rings (SSSR count). The van der Waals surface area contributed by atoms with Crippen LogP contribution in [0, 0.1) is 11.7 Å². The number of hydrogen-bond donors (Lipinski definition) is 1. The molecule has 0 unspecified atom stereocenters. The lowest BCUT2D eigenvalue weighted by Crippen LogP contribution is -2.47. The first-order chi connectivity index (χ1) is 16.5. The fourth-order valence-corrected chi connectivity index (χ4v) is 4.28. The molecule has 4 aromatic rings. The van der Waals surface area contributed by atoms with Gasteiger partial charge in [0.05, 0.1) is 17.2 Å². The van der Waals surface area contributed by atoms with E-state index in [9.17, 15) is 4.39 Å². The Morgan fingerprint density at radius 3 is 2.50 bits per heavy atom. The molecule has 0 atom stereocenters. The van der Waals surface area contributed by atoms with Gasteiger partial charge in [0.15, 0.2) is 5.82 Å². The minimum absolute atomic E-state index is 0.180. The van der Waals surface area contributed by atoms with Gasteiger partial charge in [0.25, 0.3) is 0 Å². The molecule has 0 aliphatic carbocycles. The van der Waals surface area contributed by atoms with E-state index in [-0.39, 0.29) is 17.6 Å². The maximum absolute atomic E-state index is 14.7. The SMILES string of the molecule is CC(C)CCN1CCN(c2ccc(-c3nc(-n4c(N)nc5ccccc54)ncc3F)cn2)CC1. The number of fused-ring (bicyclic) bond motifs is 1. The number of benzene rings is 1. The van der Waals surface area contributed by atoms with Crippen molar-refractivity contribution in [2.75, 3.05) is 43.4 Å². The summed E-state index contributed by atoms with van der Waals surface area (Å²) < 4.78 is 16.3. The molecule has 4 heterocycles. The molecule has 2 N–H and O–H groups in total. The molecule has 1 aliphatic rings. The summed E-state index contributed by atoms with van der Waals surface area (Å²) in [6, 6.07) is 11.3. The summed E-state index contributed by atoms with van der Waals surface area (Å²) in [7, 11) is 0. The van der Waals surface area contributed by atoms with Crippen LogP contribution in [0.25, 0.3) is 28.2 Å².